The van der Waals surface area contributed by atoms with Crippen molar-refractivity contribution in [2.75, 3.05) is 0 Å². The summed E-state index contributed by atoms with van der Waals surface area (Å²) in [5.74, 6) is 0. The van der Waals surface area contributed by atoms with E-state index in [4.69, 9.17) is 0 Å². The number of hydrogen-bond donors (Lipinski definition) is 0. The minimum absolute atomic E-state index is 0.123. The molecule has 0 N–H and O–H groups in total. The van der Waals surface area contributed by atoms with Crippen molar-refractivity contribution in [3.63, 3.8) is 0 Å². The van der Waals surface area contributed by atoms with Gasteiger partial charge in [-0.1, -0.05) is 0 Å². The molecule has 0 atom stereocenters. The van der Waals surface area contributed by atoms with Crippen LogP contribution in [0.4, 0.5) is 5.69 Å². The van der Waals surface area contributed by atoms with Gasteiger partial charge in [0, 0.05) is 6.07 Å². The van der Waals surface area contributed by atoms with Crippen molar-refractivity contribution >= 4 is 33.9 Å². The van der Waals surface area contributed by atoms with E-state index < -0.39 is 0 Å². The first-order valence-corrected chi connectivity index (χ1v) is 5.39. The lowest BCUT2D eigenvalue weighted by atomic mass is 10.3. The molecule has 0 radical (unpaired) electrons. The zero-order chi connectivity index (χ0) is 11.2. The van der Waals surface area contributed by atoms with Gasteiger partial charge in [0.1, 0.15) is 9.35 Å². The molecular formula is C9H8IN3O2. The molecule has 5 nitrogen and oxygen atoms in total. The summed E-state index contributed by atoms with van der Waals surface area (Å²) in [4.78, 5) is 14.7. The average Bonchev–Trinajstić information content (AvgIpc) is 2.43. The summed E-state index contributed by atoms with van der Waals surface area (Å²) in [6.45, 7) is 3.62. The Morgan fingerprint density at radius 2 is 2.13 bits per heavy atom. The molecule has 2 aromatic heterocycles. The van der Waals surface area contributed by atoms with Gasteiger partial charge >= 0.3 is 0 Å². The molecule has 2 rings (SSSR count). The largest absolute Gasteiger partial charge is 0.288 e. The van der Waals surface area contributed by atoms with Crippen LogP contribution in [0.5, 0.6) is 0 Å². The monoisotopic (exact) mass is 317 g/mol. The number of nitro groups is 1. The molecule has 0 aliphatic carbocycles. The molecule has 0 aliphatic rings. The van der Waals surface area contributed by atoms with Gasteiger partial charge in [0.25, 0.3) is 5.69 Å². The summed E-state index contributed by atoms with van der Waals surface area (Å²) in [7, 11) is 0. The van der Waals surface area contributed by atoms with E-state index in [1.165, 1.54) is 6.07 Å². The number of rotatable bonds is 1. The predicted octanol–water partition coefficient (Wildman–Crippen LogP) is 2.46. The van der Waals surface area contributed by atoms with Gasteiger partial charge in [0.2, 0.25) is 0 Å². The fourth-order valence-electron chi connectivity index (χ4n) is 1.54. The van der Waals surface area contributed by atoms with Gasteiger partial charge in [-0.2, -0.15) is 0 Å². The molecule has 0 saturated heterocycles. The normalized spacial score (nSPS) is 10.9. The first-order chi connectivity index (χ1) is 7.02. The minimum atomic E-state index is -0.375. The number of imidazole rings is 1. The van der Waals surface area contributed by atoms with Crippen molar-refractivity contribution in [2.45, 2.75) is 13.8 Å². The van der Waals surface area contributed by atoms with Crippen LogP contribution in [-0.4, -0.2) is 14.3 Å². The van der Waals surface area contributed by atoms with E-state index in [9.17, 15) is 10.1 Å². The van der Waals surface area contributed by atoms with Crippen LogP contribution in [0.15, 0.2) is 12.1 Å². The molecule has 0 saturated carbocycles. The number of nitrogens with zero attached hydrogens (tertiary/aromatic N) is 3. The first-order valence-electron chi connectivity index (χ1n) is 4.31. The Kier molecular flexibility index (Phi) is 2.37. The van der Waals surface area contributed by atoms with Gasteiger partial charge in [-0.25, -0.2) is 4.98 Å². The molecule has 2 heterocycles. The third kappa shape index (κ3) is 1.48. The maximum atomic E-state index is 10.8. The van der Waals surface area contributed by atoms with E-state index in [1.54, 1.807) is 17.4 Å². The van der Waals surface area contributed by atoms with Crippen LogP contribution in [0.3, 0.4) is 0 Å². The van der Waals surface area contributed by atoms with Gasteiger partial charge in [-0.05, 0) is 42.5 Å². The summed E-state index contributed by atoms with van der Waals surface area (Å²) in [5.41, 5.74) is 2.37. The zero-order valence-electron chi connectivity index (χ0n) is 8.19. The third-order valence-electron chi connectivity index (χ3n) is 2.30. The van der Waals surface area contributed by atoms with Crippen molar-refractivity contribution in [1.82, 2.24) is 9.38 Å². The summed E-state index contributed by atoms with van der Waals surface area (Å²) < 4.78 is 2.72. The van der Waals surface area contributed by atoms with Crippen molar-refractivity contribution in [2.24, 2.45) is 0 Å². The van der Waals surface area contributed by atoms with E-state index in [0.29, 0.717) is 5.69 Å². The van der Waals surface area contributed by atoms with Crippen molar-refractivity contribution in [3.05, 3.63) is 37.3 Å². The van der Waals surface area contributed by atoms with Gasteiger partial charge in [0.05, 0.1) is 16.3 Å². The molecule has 0 unspecified atom stereocenters. The van der Waals surface area contributed by atoms with E-state index in [2.05, 4.69) is 27.6 Å². The molecule has 0 aromatic carbocycles. The summed E-state index contributed by atoms with van der Waals surface area (Å²) >= 11 is 2.14. The molecular weight excluding hydrogens is 309 g/mol. The molecule has 0 aliphatic heterocycles. The van der Waals surface area contributed by atoms with Crippen molar-refractivity contribution in [1.29, 1.82) is 0 Å². The van der Waals surface area contributed by atoms with Crippen LogP contribution in [0.2, 0.25) is 0 Å². The topological polar surface area (TPSA) is 60.4 Å². The standard InChI is InChI=1S/C9H8IN3O2/c1-5-9(10)12-6(2)7(13(14)15)3-4-8(12)11-5/h3-4H,1-2H3. The van der Waals surface area contributed by atoms with Crippen LogP contribution in [0.1, 0.15) is 11.4 Å². The molecule has 2 aromatic rings. The number of aryl methyl sites for hydroxylation is 2. The Morgan fingerprint density at radius 1 is 1.47 bits per heavy atom. The first kappa shape index (κ1) is 10.3. The van der Waals surface area contributed by atoms with Crippen molar-refractivity contribution < 1.29 is 4.92 Å². The smallest absolute Gasteiger partial charge is 0.285 e. The van der Waals surface area contributed by atoms with Crippen LogP contribution < -0.4 is 0 Å². The highest BCUT2D eigenvalue weighted by Gasteiger charge is 2.16. The summed E-state index contributed by atoms with van der Waals surface area (Å²) in [6, 6.07) is 3.16. The van der Waals surface area contributed by atoms with Crippen LogP contribution in [0, 0.1) is 27.7 Å². The minimum Gasteiger partial charge on any atom is -0.285 e. The number of fused-ring (bicyclic) bond motifs is 1. The lowest BCUT2D eigenvalue weighted by Crippen LogP contribution is -1.99. The second-order valence-electron chi connectivity index (χ2n) is 3.24. The highest BCUT2D eigenvalue weighted by molar-refractivity contribution is 14.1. The summed E-state index contributed by atoms with van der Waals surface area (Å²) in [5, 5.41) is 10.8. The van der Waals surface area contributed by atoms with Gasteiger partial charge < -0.3 is 0 Å². The molecule has 78 valence electrons. The van der Waals surface area contributed by atoms with E-state index >= 15 is 0 Å². The fraction of sp³-hybridized carbons (Fsp3) is 0.222. The fourth-order valence-corrected chi connectivity index (χ4v) is 2.27. The molecule has 0 amide bonds. The highest BCUT2D eigenvalue weighted by Crippen LogP contribution is 2.23. The average molecular weight is 317 g/mol. The van der Waals surface area contributed by atoms with E-state index in [1.807, 2.05) is 6.92 Å². The molecule has 0 fully saturated rings. The van der Waals surface area contributed by atoms with Gasteiger partial charge in [-0.3, -0.25) is 14.5 Å². The quantitative estimate of drug-likeness (QED) is 0.461. The molecule has 6 heteroatoms. The van der Waals surface area contributed by atoms with Crippen LogP contribution >= 0.6 is 22.6 Å². The lowest BCUT2D eigenvalue weighted by molar-refractivity contribution is -0.385. The molecule has 15 heavy (non-hydrogen) atoms. The Bertz CT molecular complexity index is 562. The van der Waals surface area contributed by atoms with Gasteiger partial charge in [-0.15, -0.1) is 0 Å². The highest BCUT2D eigenvalue weighted by atomic mass is 127. The number of halogens is 1. The molecule has 0 bridgehead atoms. The number of aromatic nitrogens is 2. The lowest BCUT2D eigenvalue weighted by Gasteiger charge is -2.01. The van der Waals surface area contributed by atoms with E-state index in [0.717, 1.165) is 15.0 Å². The SMILES string of the molecule is Cc1nc2ccc([N+](=O)[O-])c(C)n2c1I. The van der Waals surface area contributed by atoms with Crippen LogP contribution in [-0.2, 0) is 0 Å². The Labute approximate surface area is 99.4 Å². The third-order valence-corrected chi connectivity index (χ3v) is 3.56. The number of hydrogen-bond acceptors (Lipinski definition) is 3. The maximum Gasteiger partial charge on any atom is 0.288 e. The number of pyridine rings is 1. The second-order valence-corrected chi connectivity index (χ2v) is 4.26. The Morgan fingerprint density at radius 3 is 2.73 bits per heavy atom. The zero-order valence-corrected chi connectivity index (χ0v) is 10.3. The van der Waals surface area contributed by atoms with Crippen LogP contribution in [0.25, 0.3) is 5.65 Å². The van der Waals surface area contributed by atoms with E-state index in [-0.39, 0.29) is 10.6 Å². The Balaban J connectivity index is 2.88. The predicted molar refractivity (Wildman–Crippen MR) is 64.0 cm³/mol. The molecule has 0 spiro atoms. The van der Waals surface area contributed by atoms with Crippen molar-refractivity contribution in [3.8, 4) is 0 Å². The Hall–Kier alpha value is -1.18. The maximum absolute atomic E-state index is 10.8. The van der Waals surface area contributed by atoms with Gasteiger partial charge in [0.15, 0.2) is 0 Å². The second kappa shape index (κ2) is 3.44. The summed E-state index contributed by atoms with van der Waals surface area (Å²) in [6.07, 6.45) is 0.